The molecule has 3 fully saturated rings. The zero-order valence-corrected chi connectivity index (χ0v) is 10.9. The summed E-state index contributed by atoms with van der Waals surface area (Å²) in [5, 5.41) is 0. The summed E-state index contributed by atoms with van der Waals surface area (Å²) < 4.78 is 0. The molecule has 3 aliphatic heterocycles. The summed E-state index contributed by atoms with van der Waals surface area (Å²) in [6, 6.07) is 7.83. The zero-order valence-electron chi connectivity index (χ0n) is 10.9. The molecular weight excluding hydrogens is 222 g/mol. The largest absolute Gasteiger partial charge is 0.375 e. The Morgan fingerprint density at radius 1 is 1.28 bits per heavy atom. The molecule has 3 saturated heterocycles. The fourth-order valence-electron chi connectivity index (χ4n) is 3.08. The van der Waals surface area contributed by atoms with Gasteiger partial charge in [-0.1, -0.05) is 24.3 Å². The maximum absolute atomic E-state index is 12.3. The van der Waals surface area contributed by atoms with E-state index in [-0.39, 0.29) is 5.78 Å². The first-order valence-corrected chi connectivity index (χ1v) is 6.79. The van der Waals surface area contributed by atoms with Crippen LogP contribution in [0.3, 0.4) is 0 Å². The van der Waals surface area contributed by atoms with Crippen molar-refractivity contribution in [2.75, 3.05) is 13.1 Å². The minimum atomic E-state index is 0.163. The highest BCUT2D eigenvalue weighted by Crippen LogP contribution is 2.34. The molecule has 2 nitrogen and oxygen atoms in total. The van der Waals surface area contributed by atoms with Gasteiger partial charge >= 0.3 is 0 Å². The number of fused-ring (bicyclic) bond motifs is 3. The van der Waals surface area contributed by atoms with Crippen LogP contribution in [0.25, 0.3) is 0 Å². The lowest BCUT2D eigenvalue weighted by atomic mass is 9.85. The number of hydrogen-bond acceptors (Lipinski definition) is 2. The molecule has 0 spiro atoms. The monoisotopic (exact) mass is 241 g/mol. The zero-order chi connectivity index (χ0) is 12.5. The molecular formula is C16H19NO. The van der Waals surface area contributed by atoms with Gasteiger partial charge in [-0.3, -0.25) is 4.79 Å². The second-order valence-electron chi connectivity index (χ2n) is 5.45. The average Bonchev–Trinajstić information content (AvgIpc) is 2.40. The van der Waals surface area contributed by atoms with Gasteiger partial charge in [0.15, 0.2) is 5.78 Å². The second kappa shape index (κ2) is 4.60. The quantitative estimate of drug-likeness (QED) is 0.585. The summed E-state index contributed by atoms with van der Waals surface area (Å²) in [4.78, 5) is 14.7. The van der Waals surface area contributed by atoms with E-state index in [4.69, 9.17) is 0 Å². The van der Waals surface area contributed by atoms with E-state index in [1.54, 1.807) is 0 Å². The van der Waals surface area contributed by atoms with Crippen molar-refractivity contribution in [3.63, 3.8) is 0 Å². The molecule has 4 rings (SSSR count). The number of ketones is 1. The molecule has 0 unspecified atom stereocenters. The van der Waals surface area contributed by atoms with Gasteiger partial charge in [0.2, 0.25) is 0 Å². The van der Waals surface area contributed by atoms with Gasteiger partial charge in [-0.05, 0) is 37.7 Å². The number of benzene rings is 1. The van der Waals surface area contributed by atoms with Gasteiger partial charge in [0.05, 0.1) is 0 Å². The van der Waals surface area contributed by atoms with Crippen molar-refractivity contribution >= 4 is 5.78 Å². The lowest BCUT2D eigenvalue weighted by Gasteiger charge is -2.42. The van der Waals surface area contributed by atoms with Crippen molar-refractivity contribution in [3.05, 3.63) is 47.2 Å². The summed E-state index contributed by atoms with van der Waals surface area (Å²) in [6.07, 6.45) is 5.57. The summed E-state index contributed by atoms with van der Waals surface area (Å²) >= 11 is 0. The van der Waals surface area contributed by atoms with Crippen LogP contribution in [0.5, 0.6) is 0 Å². The normalized spacial score (nSPS) is 21.6. The molecule has 1 aromatic rings. The van der Waals surface area contributed by atoms with Crippen LogP contribution < -0.4 is 0 Å². The van der Waals surface area contributed by atoms with E-state index in [1.807, 2.05) is 37.3 Å². The van der Waals surface area contributed by atoms with Crippen LogP contribution in [-0.2, 0) is 0 Å². The molecule has 0 saturated carbocycles. The number of carbonyl (C=O) groups is 1. The number of aryl methyl sites for hydroxylation is 1. The minimum Gasteiger partial charge on any atom is -0.375 e. The average molecular weight is 241 g/mol. The van der Waals surface area contributed by atoms with Crippen molar-refractivity contribution in [3.8, 4) is 0 Å². The fourth-order valence-corrected chi connectivity index (χ4v) is 3.08. The number of rotatable bonds is 2. The number of nitrogens with zero attached hydrogens (tertiary/aromatic N) is 1. The molecule has 2 bridgehead atoms. The third-order valence-electron chi connectivity index (χ3n) is 4.23. The van der Waals surface area contributed by atoms with Crippen LogP contribution in [0, 0.1) is 12.8 Å². The molecule has 0 atom stereocenters. The topological polar surface area (TPSA) is 20.3 Å². The van der Waals surface area contributed by atoms with Crippen molar-refractivity contribution in [2.45, 2.75) is 26.2 Å². The van der Waals surface area contributed by atoms with Gasteiger partial charge in [0.25, 0.3) is 0 Å². The Balaban J connectivity index is 1.84. The van der Waals surface area contributed by atoms with E-state index in [2.05, 4.69) is 4.90 Å². The maximum Gasteiger partial charge on any atom is 0.187 e. The van der Waals surface area contributed by atoms with Gasteiger partial charge < -0.3 is 4.90 Å². The van der Waals surface area contributed by atoms with E-state index in [1.165, 1.54) is 18.5 Å². The predicted octanol–water partition coefficient (Wildman–Crippen LogP) is 3.18. The Morgan fingerprint density at radius 3 is 2.61 bits per heavy atom. The summed E-state index contributed by atoms with van der Waals surface area (Å²) in [6.45, 7) is 4.27. The van der Waals surface area contributed by atoms with Crippen LogP contribution >= 0.6 is 0 Å². The molecule has 1 aromatic carbocycles. The summed E-state index contributed by atoms with van der Waals surface area (Å²) in [5.74, 6) is 0.974. The van der Waals surface area contributed by atoms with E-state index < -0.39 is 0 Å². The smallest absolute Gasteiger partial charge is 0.187 e. The first-order chi connectivity index (χ1) is 8.74. The molecule has 0 aromatic heterocycles. The van der Waals surface area contributed by atoms with Gasteiger partial charge in [-0.2, -0.15) is 0 Å². The third kappa shape index (κ3) is 2.07. The molecule has 94 valence electrons. The third-order valence-corrected chi connectivity index (χ3v) is 4.23. The van der Waals surface area contributed by atoms with Crippen LogP contribution in [0.2, 0.25) is 0 Å². The lowest BCUT2D eigenvalue weighted by molar-refractivity contribution is 0.103. The highest BCUT2D eigenvalue weighted by Gasteiger charge is 2.29. The second-order valence-corrected chi connectivity index (χ2v) is 5.45. The number of allylic oxidation sites excluding steroid dienone is 2. The first kappa shape index (κ1) is 11.5. The highest BCUT2D eigenvalue weighted by atomic mass is 16.1. The van der Waals surface area contributed by atoms with E-state index in [0.717, 1.165) is 36.6 Å². The first-order valence-electron chi connectivity index (χ1n) is 6.79. The summed E-state index contributed by atoms with van der Waals surface area (Å²) in [5.41, 5.74) is 3.16. The number of hydrogen-bond donors (Lipinski definition) is 0. The van der Waals surface area contributed by atoms with Crippen molar-refractivity contribution in [2.24, 2.45) is 5.92 Å². The summed E-state index contributed by atoms with van der Waals surface area (Å²) in [7, 11) is 0. The Hall–Kier alpha value is -1.57. The Labute approximate surface area is 108 Å². The predicted molar refractivity (Wildman–Crippen MR) is 72.5 cm³/mol. The van der Waals surface area contributed by atoms with Crippen molar-refractivity contribution < 1.29 is 4.79 Å². The highest BCUT2D eigenvalue weighted by molar-refractivity contribution is 6.05. The van der Waals surface area contributed by atoms with Gasteiger partial charge in [0, 0.05) is 30.4 Å². The molecule has 0 N–H and O–H groups in total. The van der Waals surface area contributed by atoms with Gasteiger partial charge in [-0.15, -0.1) is 0 Å². The van der Waals surface area contributed by atoms with E-state index in [0.29, 0.717) is 0 Å². The number of piperidine rings is 3. The molecule has 3 aliphatic rings. The Bertz CT molecular complexity index is 496. The van der Waals surface area contributed by atoms with Crippen LogP contribution in [0.1, 0.15) is 35.2 Å². The molecule has 0 amide bonds. The maximum atomic E-state index is 12.3. The molecule has 0 aliphatic carbocycles. The van der Waals surface area contributed by atoms with E-state index >= 15 is 0 Å². The SMILES string of the molecule is Cc1ccccc1C(=O)/C=C1\CC2CCN1CC2. The van der Waals surface area contributed by atoms with Crippen LogP contribution in [0.15, 0.2) is 36.0 Å². The standard InChI is InChI=1S/C16H19NO/c1-12-4-2-3-5-15(12)16(18)11-14-10-13-6-8-17(14)9-7-13/h2-5,11,13H,6-10H2,1H3/b14-11+. The van der Waals surface area contributed by atoms with Crippen LogP contribution in [-0.4, -0.2) is 23.8 Å². The van der Waals surface area contributed by atoms with Crippen LogP contribution in [0.4, 0.5) is 0 Å². The van der Waals surface area contributed by atoms with E-state index in [9.17, 15) is 4.79 Å². The van der Waals surface area contributed by atoms with Crippen molar-refractivity contribution in [1.29, 1.82) is 0 Å². The van der Waals surface area contributed by atoms with Gasteiger partial charge in [-0.25, -0.2) is 0 Å². The molecule has 0 radical (unpaired) electrons. The number of carbonyl (C=O) groups excluding carboxylic acids is 1. The molecule has 3 heterocycles. The van der Waals surface area contributed by atoms with Crippen molar-refractivity contribution in [1.82, 2.24) is 4.90 Å². The Kier molecular flexibility index (Phi) is 2.94. The molecule has 18 heavy (non-hydrogen) atoms. The lowest BCUT2D eigenvalue weighted by Crippen LogP contribution is -2.39. The fraction of sp³-hybridized carbons (Fsp3) is 0.438. The molecule has 2 heteroatoms. The Morgan fingerprint density at radius 2 is 2.00 bits per heavy atom. The van der Waals surface area contributed by atoms with Gasteiger partial charge in [0.1, 0.15) is 0 Å². The minimum absolute atomic E-state index is 0.163.